The second-order valence-corrected chi connectivity index (χ2v) is 10.2. The lowest BCUT2D eigenvalue weighted by Crippen LogP contribution is -2.48. The Kier molecular flexibility index (Phi) is 8.76. The maximum atomic E-state index is 11.7. The lowest BCUT2D eigenvalue weighted by atomic mass is 10.0. The molecular weight excluding hydrogens is 456 g/mol. The molecule has 1 aliphatic rings. The minimum Gasteiger partial charge on any atom is -0.461 e. The lowest BCUT2D eigenvalue weighted by Gasteiger charge is -2.39. The standard InChI is InChI=1S/C28H36N4O4/c1-7-25(33)35-19-27(3,4)31-15-21-11-9-13-23(29-21)17-32(28(5,6)20-36-26(34)8-2)18-24-14-10-12-22(16-31)30-24/h7-14H,1-2,15-20H2,3-6H3. The van der Waals surface area contributed by atoms with E-state index in [1.807, 2.05) is 64.1 Å². The number of esters is 2. The second kappa shape index (κ2) is 11.6. The van der Waals surface area contributed by atoms with Gasteiger partial charge in [-0.3, -0.25) is 19.8 Å². The number of carbonyl (C=O) groups excluding carboxylic acids is 2. The maximum Gasteiger partial charge on any atom is 0.330 e. The van der Waals surface area contributed by atoms with Crippen LogP contribution in [0, 0.1) is 0 Å². The molecule has 2 aromatic rings. The molecule has 0 spiro atoms. The van der Waals surface area contributed by atoms with E-state index in [1.54, 1.807) is 0 Å². The van der Waals surface area contributed by atoms with E-state index in [4.69, 9.17) is 19.4 Å². The number of ether oxygens (including phenoxy) is 2. The van der Waals surface area contributed by atoms with E-state index >= 15 is 0 Å². The van der Waals surface area contributed by atoms with Gasteiger partial charge in [-0.15, -0.1) is 0 Å². The fraction of sp³-hybridized carbons (Fsp3) is 0.429. The summed E-state index contributed by atoms with van der Waals surface area (Å²) in [6, 6.07) is 12.0. The van der Waals surface area contributed by atoms with Crippen molar-refractivity contribution in [1.82, 2.24) is 19.8 Å². The number of carbonyl (C=O) groups is 2. The summed E-state index contributed by atoms with van der Waals surface area (Å²) in [4.78, 5) is 37.8. The van der Waals surface area contributed by atoms with Gasteiger partial charge in [0.1, 0.15) is 13.2 Å². The third kappa shape index (κ3) is 7.32. The number of hydrogen-bond acceptors (Lipinski definition) is 8. The Labute approximate surface area is 213 Å². The van der Waals surface area contributed by atoms with Crippen LogP contribution in [-0.4, -0.2) is 56.0 Å². The van der Waals surface area contributed by atoms with Crippen molar-refractivity contribution in [1.29, 1.82) is 0 Å². The molecule has 8 nitrogen and oxygen atoms in total. The van der Waals surface area contributed by atoms with Gasteiger partial charge in [-0.25, -0.2) is 9.59 Å². The Hall–Kier alpha value is -3.36. The summed E-state index contributed by atoms with van der Waals surface area (Å²) < 4.78 is 10.8. The number of pyridine rings is 2. The van der Waals surface area contributed by atoms with Crippen molar-refractivity contribution in [3.05, 3.63) is 84.5 Å². The van der Waals surface area contributed by atoms with Crippen LogP contribution in [-0.2, 0) is 45.2 Å². The van der Waals surface area contributed by atoms with E-state index in [2.05, 4.69) is 23.0 Å². The molecule has 192 valence electrons. The van der Waals surface area contributed by atoms with Crippen molar-refractivity contribution < 1.29 is 19.1 Å². The van der Waals surface area contributed by atoms with Crippen LogP contribution in [0.1, 0.15) is 50.5 Å². The van der Waals surface area contributed by atoms with E-state index in [9.17, 15) is 9.59 Å². The maximum absolute atomic E-state index is 11.7. The summed E-state index contributed by atoms with van der Waals surface area (Å²) in [6.45, 7) is 17.8. The Morgan fingerprint density at radius 1 is 0.750 bits per heavy atom. The summed E-state index contributed by atoms with van der Waals surface area (Å²) in [5, 5.41) is 0. The van der Waals surface area contributed by atoms with Gasteiger partial charge in [-0.1, -0.05) is 25.3 Å². The molecule has 0 N–H and O–H groups in total. The number of nitrogens with zero attached hydrogens (tertiary/aromatic N) is 4. The van der Waals surface area contributed by atoms with Gasteiger partial charge in [0, 0.05) is 38.3 Å². The number of hydrogen-bond donors (Lipinski definition) is 0. The summed E-state index contributed by atoms with van der Waals surface area (Å²) in [5.41, 5.74) is 2.68. The van der Waals surface area contributed by atoms with Gasteiger partial charge in [-0.2, -0.15) is 0 Å². The van der Waals surface area contributed by atoms with Crippen molar-refractivity contribution in [2.75, 3.05) is 13.2 Å². The van der Waals surface area contributed by atoms with Gasteiger partial charge < -0.3 is 9.47 Å². The molecule has 0 radical (unpaired) electrons. The molecule has 2 aromatic heterocycles. The van der Waals surface area contributed by atoms with Crippen molar-refractivity contribution >= 4 is 11.9 Å². The fourth-order valence-electron chi connectivity index (χ4n) is 3.96. The first-order valence-electron chi connectivity index (χ1n) is 12.0. The number of aromatic nitrogens is 2. The molecule has 36 heavy (non-hydrogen) atoms. The van der Waals surface area contributed by atoms with Crippen LogP contribution < -0.4 is 0 Å². The second-order valence-electron chi connectivity index (χ2n) is 10.2. The van der Waals surface area contributed by atoms with Crippen molar-refractivity contribution in [2.45, 2.75) is 65.0 Å². The summed E-state index contributed by atoms with van der Waals surface area (Å²) >= 11 is 0. The molecule has 0 aliphatic carbocycles. The Balaban J connectivity index is 1.95. The Morgan fingerprint density at radius 2 is 1.06 bits per heavy atom. The van der Waals surface area contributed by atoms with Gasteiger partial charge in [-0.05, 0) is 52.0 Å². The molecule has 8 heteroatoms. The van der Waals surface area contributed by atoms with Gasteiger partial charge in [0.2, 0.25) is 0 Å². The summed E-state index contributed by atoms with van der Waals surface area (Å²) in [7, 11) is 0. The number of rotatable bonds is 8. The quantitative estimate of drug-likeness (QED) is 0.406. The highest BCUT2D eigenvalue weighted by Crippen LogP contribution is 2.25. The average molecular weight is 493 g/mol. The smallest absolute Gasteiger partial charge is 0.330 e. The summed E-state index contributed by atoms with van der Waals surface area (Å²) in [5.74, 6) is -0.890. The molecule has 3 rings (SSSR count). The Bertz CT molecular complexity index is 982. The molecule has 0 aromatic carbocycles. The third-order valence-electron chi connectivity index (χ3n) is 6.32. The SMILES string of the molecule is C=CC(=O)OCC(C)(C)N1Cc2cccc(n2)CN(C(C)(C)COC(=O)C=C)Cc2cccc(n2)C1. The average Bonchev–Trinajstić information content (AvgIpc) is 2.85. The molecular formula is C28H36N4O4. The van der Waals surface area contributed by atoms with E-state index in [0.29, 0.717) is 26.2 Å². The lowest BCUT2D eigenvalue weighted by molar-refractivity contribution is -0.142. The van der Waals surface area contributed by atoms with E-state index in [0.717, 1.165) is 22.8 Å². The predicted octanol–water partition coefficient (Wildman–Crippen LogP) is 3.81. The minimum atomic E-state index is -0.471. The predicted molar refractivity (Wildman–Crippen MR) is 137 cm³/mol. The van der Waals surface area contributed by atoms with Gasteiger partial charge in [0.15, 0.2) is 0 Å². The molecule has 0 atom stereocenters. The topological polar surface area (TPSA) is 84.9 Å². The molecule has 1 aliphatic heterocycles. The first-order valence-corrected chi connectivity index (χ1v) is 12.0. The Morgan fingerprint density at radius 3 is 1.33 bits per heavy atom. The molecule has 0 saturated heterocycles. The number of fused-ring (bicyclic) bond motifs is 4. The van der Waals surface area contributed by atoms with Crippen LogP contribution in [0.25, 0.3) is 0 Å². The van der Waals surface area contributed by atoms with Crippen LogP contribution >= 0.6 is 0 Å². The van der Waals surface area contributed by atoms with E-state index < -0.39 is 23.0 Å². The van der Waals surface area contributed by atoms with Crippen molar-refractivity contribution in [2.24, 2.45) is 0 Å². The first-order chi connectivity index (χ1) is 17.0. The van der Waals surface area contributed by atoms with Crippen LogP contribution in [0.2, 0.25) is 0 Å². The zero-order valence-electron chi connectivity index (χ0n) is 21.7. The van der Waals surface area contributed by atoms with Crippen LogP contribution in [0.3, 0.4) is 0 Å². The zero-order chi connectivity index (χ0) is 26.3. The first kappa shape index (κ1) is 27.2. The van der Waals surface area contributed by atoms with E-state index in [-0.39, 0.29) is 13.2 Å². The highest BCUT2D eigenvalue weighted by molar-refractivity contribution is 5.81. The van der Waals surface area contributed by atoms with Crippen LogP contribution in [0.15, 0.2) is 61.7 Å². The minimum absolute atomic E-state index is 0.211. The highest BCUT2D eigenvalue weighted by atomic mass is 16.5. The van der Waals surface area contributed by atoms with Gasteiger partial charge in [0.05, 0.1) is 33.9 Å². The molecule has 4 bridgehead atoms. The molecule has 3 heterocycles. The van der Waals surface area contributed by atoms with Gasteiger partial charge in [0.25, 0.3) is 0 Å². The summed E-state index contributed by atoms with van der Waals surface area (Å²) in [6.07, 6.45) is 2.35. The monoisotopic (exact) mass is 492 g/mol. The van der Waals surface area contributed by atoms with Crippen LogP contribution in [0.4, 0.5) is 0 Å². The van der Waals surface area contributed by atoms with E-state index in [1.165, 1.54) is 12.2 Å². The largest absolute Gasteiger partial charge is 0.461 e. The van der Waals surface area contributed by atoms with Crippen molar-refractivity contribution in [3.8, 4) is 0 Å². The van der Waals surface area contributed by atoms with Crippen molar-refractivity contribution in [3.63, 3.8) is 0 Å². The van der Waals surface area contributed by atoms with Gasteiger partial charge >= 0.3 is 11.9 Å². The zero-order valence-corrected chi connectivity index (χ0v) is 21.7. The molecule has 0 amide bonds. The normalized spacial score (nSPS) is 15.2. The van der Waals surface area contributed by atoms with Crippen LogP contribution in [0.5, 0.6) is 0 Å². The third-order valence-corrected chi connectivity index (χ3v) is 6.32. The molecule has 0 saturated carbocycles. The highest BCUT2D eigenvalue weighted by Gasteiger charge is 2.32. The fourth-order valence-corrected chi connectivity index (χ4v) is 3.96. The molecule has 0 fully saturated rings. The molecule has 0 unspecified atom stereocenters.